The second kappa shape index (κ2) is 5.72. The van der Waals surface area contributed by atoms with Gasteiger partial charge in [0.1, 0.15) is 0 Å². The average Bonchev–Trinajstić information content (AvgIpc) is 2.53. The van der Waals surface area contributed by atoms with E-state index in [1.807, 2.05) is 18.2 Å². The lowest BCUT2D eigenvalue weighted by Crippen LogP contribution is -2.34. The van der Waals surface area contributed by atoms with Crippen molar-refractivity contribution in [1.82, 2.24) is 0 Å². The van der Waals surface area contributed by atoms with Gasteiger partial charge in [-0.1, -0.05) is 30.3 Å². The first-order chi connectivity index (χ1) is 10.9. The van der Waals surface area contributed by atoms with Gasteiger partial charge in [-0.25, -0.2) is 0 Å². The van der Waals surface area contributed by atoms with E-state index in [4.69, 9.17) is 0 Å². The number of nitrogens with zero attached hydrogens (tertiary/aromatic N) is 1. The van der Waals surface area contributed by atoms with E-state index in [1.165, 1.54) is 19.1 Å². The molecule has 2 aromatic rings. The lowest BCUT2D eigenvalue weighted by Gasteiger charge is -2.31. The van der Waals surface area contributed by atoms with Crippen LogP contribution in [-0.2, 0) is 17.4 Å². The molecule has 0 unspecified atom stereocenters. The van der Waals surface area contributed by atoms with Crippen LogP contribution in [0.5, 0.6) is 0 Å². The van der Waals surface area contributed by atoms with Gasteiger partial charge in [-0.3, -0.25) is 4.79 Å². The highest BCUT2D eigenvalue weighted by molar-refractivity contribution is 5.98. The number of carbonyl (C=O) groups is 1. The quantitative estimate of drug-likeness (QED) is 0.748. The summed E-state index contributed by atoms with van der Waals surface area (Å²) < 4.78 is 38.1. The molecule has 1 aliphatic heterocycles. The van der Waals surface area contributed by atoms with Crippen LogP contribution in [0.25, 0.3) is 11.1 Å². The van der Waals surface area contributed by atoms with Crippen molar-refractivity contribution in [3.8, 4) is 11.1 Å². The number of halogens is 3. The molecule has 0 saturated heterocycles. The van der Waals surface area contributed by atoms with Crippen molar-refractivity contribution >= 4 is 11.6 Å². The molecule has 1 heterocycles. The zero-order valence-corrected chi connectivity index (χ0v) is 12.7. The molecule has 0 atom stereocenters. The number of alkyl halides is 3. The summed E-state index contributed by atoms with van der Waals surface area (Å²) in [6.45, 7) is 2.15. The standard InChI is InChI=1S/C18H16F3NO/c1-12(23)22-11-3-5-14-4-2-6-16(17(14)22)13-7-9-15(10-8-13)18(19,20)21/h2,4,6-10H,3,5,11H2,1H3. The smallest absolute Gasteiger partial charge is 0.312 e. The summed E-state index contributed by atoms with van der Waals surface area (Å²) in [4.78, 5) is 13.6. The minimum absolute atomic E-state index is 0.0506. The van der Waals surface area contributed by atoms with Crippen LogP contribution in [0.15, 0.2) is 42.5 Å². The third kappa shape index (κ3) is 2.96. The number of hydrogen-bond donors (Lipinski definition) is 0. The Morgan fingerprint density at radius 1 is 1.09 bits per heavy atom. The van der Waals surface area contributed by atoms with Gasteiger partial charge in [-0.15, -0.1) is 0 Å². The van der Waals surface area contributed by atoms with E-state index in [9.17, 15) is 18.0 Å². The molecular weight excluding hydrogens is 303 g/mol. The number of aryl methyl sites for hydroxylation is 1. The molecular formula is C18H16F3NO. The maximum Gasteiger partial charge on any atom is 0.416 e. The highest BCUT2D eigenvalue weighted by atomic mass is 19.4. The lowest BCUT2D eigenvalue weighted by atomic mass is 9.93. The fourth-order valence-corrected chi connectivity index (χ4v) is 3.04. The zero-order valence-electron chi connectivity index (χ0n) is 12.7. The molecule has 0 saturated carbocycles. The van der Waals surface area contributed by atoms with E-state index in [0.717, 1.165) is 41.8 Å². The molecule has 23 heavy (non-hydrogen) atoms. The van der Waals surface area contributed by atoms with Crippen molar-refractivity contribution in [2.24, 2.45) is 0 Å². The summed E-state index contributed by atoms with van der Waals surface area (Å²) in [5, 5.41) is 0. The molecule has 3 rings (SSSR count). The Labute approximate surface area is 132 Å². The van der Waals surface area contributed by atoms with Crippen LogP contribution >= 0.6 is 0 Å². The number of para-hydroxylation sites is 1. The first-order valence-corrected chi connectivity index (χ1v) is 7.45. The second-order valence-electron chi connectivity index (χ2n) is 5.66. The summed E-state index contributed by atoms with van der Waals surface area (Å²) in [7, 11) is 0. The first-order valence-electron chi connectivity index (χ1n) is 7.45. The van der Waals surface area contributed by atoms with Crippen molar-refractivity contribution in [2.45, 2.75) is 25.9 Å². The minimum Gasteiger partial charge on any atom is -0.312 e. The van der Waals surface area contributed by atoms with Gasteiger partial charge in [0, 0.05) is 19.0 Å². The van der Waals surface area contributed by atoms with Crippen molar-refractivity contribution in [3.63, 3.8) is 0 Å². The van der Waals surface area contributed by atoms with Crippen LogP contribution in [0, 0.1) is 0 Å². The molecule has 5 heteroatoms. The van der Waals surface area contributed by atoms with E-state index in [2.05, 4.69) is 0 Å². The molecule has 0 N–H and O–H groups in total. The van der Waals surface area contributed by atoms with Gasteiger partial charge in [0.25, 0.3) is 0 Å². The predicted molar refractivity (Wildman–Crippen MR) is 83.2 cm³/mol. The van der Waals surface area contributed by atoms with Gasteiger partial charge in [0.2, 0.25) is 5.91 Å². The van der Waals surface area contributed by atoms with Gasteiger partial charge < -0.3 is 4.90 Å². The van der Waals surface area contributed by atoms with Crippen molar-refractivity contribution in [1.29, 1.82) is 0 Å². The largest absolute Gasteiger partial charge is 0.416 e. The molecule has 1 aliphatic rings. The summed E-state index contributed by atoms with van der Waals surface area (Å²) in [5.41, 5.74) is 2.69. The number of rotatable bonds is 1. The zero-order chi connectivity index (χ0) is 16.6. The Kier molecular flexibility index (Phi) is 3.88. The van der Waals surface area contributed by atoms with E-state index in [-0.39, 0.29) is 5.91 Å². The molecule has 0 spiro atoms. The molecule has 1 amide bonds. The normalized spacial score (nSPS) is 14.5. The van der Waals surface area contributed by atoms with Gasteiger partial charge in [-0.05, 0) is 36.1 Å². The number of hydrogen-bond acceptors (Lipinski definition) is 1. The molecule has 0 radical (unpaired) electrons. The van der Waals surface area contributed by atoms with Crippen LogP contribution in [0.4, 0.5) is 18.9 Å². The molecule has 0 aromatic heterocycles. The maximum atomic E-state index is 12.7. The van der Waals surface area contributed by atoms with Crippen molar-refractivity contribution in [3.05, 3.63) is 53.6 Å². The lowest BCUT2D eigenvalue weighted by molar-refractivity contribution is -0.137. The Morgan fingerprint density at radius 2 is 1.78 bits per heavy atom. The second-order valence-corrected chi connectivity index (χ2v) is 5.66. The predicted octanol–water partition coefficient (Wildman–Crippen LogP) is 4.67. The summed E-state index contributed by atoms with van der Waals surface area (Å²) in [6.07, 6.45) is -2.59. The number of amides is 1. The Bertz CT molecular complexity index is 735. The summed E-state index contributed by atoms with van der Waals surface area (Å²) in [5.74, 6) is -0.0506. The topological polar surface area (TPSA) is 20.3 Å². The van der Waals surface area contributed by atoms with Gasteiger partial charge >= 0.3 is 6.18 Å². The van der Waals surface area contributed by atoms with Crippen molar-refractivity contribution < 1.29 is 18.0 Å². The first kappa shape index (κ1) is 15.6. The molecule has 2 aromatic carbocycles. The fourth-order valence-electron chi connectivity index (χ4n) is 3.04. The third-order valence-electron chi connectivity index (χ3n) is 4.12. The SMILES string of the molecule is CC(=O)N1CCCc2cccc(-c3ccc(C(F)(F)F)cc3)c21. The molecule has 120 valence electrons. The molecule has 0 bridgehead atoms. The molecule has 0 fully saturated rings. The number of fused-ring (bicyclic) bond motifs is 1. The molecule has 0 aliphatic carbocycles. The summed E-state index contributed by atoms with van der Waals surface area (Å²) >= 11 is 0. The number of benzene rings is 2. The van der Waals surface area contributed by atoms with Crippen LogP contribution in [-0.4, -0.2) is 12.5 Å². The van der Waals surface area contributed by atoms with Crippen LogP contribution in [0.2, 0.25) is 0 Å². The van der Waals surface area contributed by atoms with E-state index in [1.54, 1.807) is 4.90 Å². The minimum atomic E-state index is -4.35. The number of anilines is 1. The van der Waals surface area contributed by atoms with Crippen LogP contribution < -0.4 is 4.90 Å². The van der Waals surface area contributed by atoms with E-state index in [0.29, 0.717) is 12.1 Å². The van der Waals surface area contributed by atoms with Crippen LogP contribution in [0.3, 0.4) is 0 Å². The Morgan fingerprint density at radius 3 is 2.39 bits per heavy atom. The summed E-state index contributed by atoms with van der Waals surface area (Å²) in [6, 6.07) is 10.8. The maximum absolute atomic E-state index is 12.7. The Balaban J connectivity index is 2.09. The average molecular weight is 319 g/mol. The fraction of sp³-hybridized carbons (Fsp3) is 0.278. The molecule has 2 nitrogen and oxygen atoms in total. The van der Waals surface area contributed by atoms with Crippen LogP contribution in [0.1, 0.15) is 24.5 Å². The Hall–Kier alpha value is -2.30. The highest BCUT2D eigenvalue weighted by Gasteiger charge is 2.30. The number of carbonyl (C=O) groups excluding carboxylic acids is 1. The van der Waals surface area contributed by atoms with Gasteiger partial charge in [0.15, 0.2) is 0 Å². The highest BCUT2D eigenvalue weighted by Crippen LogP contribution is 2.38. The van der Waals surface area contributed by atoms with Gasteiger partial charge in [0.05, 0.1) is 11.3 Å². The van der Waals surface area contributed by atoms with Crippen molar-refractivity contribution in [2.75, 3.05) is 11.4 Å². The third-order valence-corrected chi connectivity index (χ3v) is 4.12. The van der Waals surface area contributed by atoms with Gasteiger partial charge in [-0.2, -0.15) is 13.2 Å². The monoisotopic (exact) mass is 319 g/mol. The van der Waals surface area contributed by atoms with E-state index >= 15 is 0 Å². The van der Waals surface area contributed by atoms with E-state index < -0.39 is 11.7 Å².